The second-order valence-electron chi connectivity index (χ2n) is 6.78. The van der Waals surface area contributed by atoms with Gasteiger partial charge in [0.1, 0.15) is 0 Å². The summed E-state index contributed by atoms with van der Waals surface area (Å²) >= 11 is 0. The Morgan fingerprint density at radius 2 is 2.00 bits per heavy atom. The fourth-order valence-corrected chi connectivity index (χ4v) is 3.72. The first kappa shape index (κ1) is 13.1. The summed E-state index contributed by atoms with van der Waals surface area (Å²) in [5.74, 6) is 0.148. The summed E-state index contributed by atoms with van der Waals surface area (Å²) in [6, 6.07) is 0. The number of aliphatic hydroxyl groups is 1. The molecule has 3 fully saturated rings. The highest BCUT2D eigenvalue weighted by Gasteiger charge is 2.50. The van der Waals surface area contributed by atoms with Crippen LogP contribution in [0.5, 0.6) is 0 Å². The van der Waals surface area contributed by atoms with Crippen molar-refractivity contribution in [1.29, 1.82) is 0 Å². The zero-order chi connectivity index (χ0) is 13.5. The van der Waals surface area contributed by atoms with E-state index in [9.17, 15) is 9.90 Å². The van der Waals surface area contributed by atoms with Crippen LogP contribution >= 0.6 is 0 Å². The lowest BCUT2D eigenvalue weighted by molar-refractivity contribution is -0.151. The van der Waals surface area contributed by atoms with E-state index in [2.05, 4.69) is 11.5 Å². The molecule has 0 aromatic rings. The second-order valence-corrected chi connectivity index (χ2v) is 6.78. The maximum Gasteiger partial charge on any atom is 0.225 e. The Hall–Kier alpha value is -0.870. The third kappa shape index (κ3) is 2.43. The molecule has 1 spiro atoms. The van der Waals surface area contributed by atoms with Crippen LogP contribution in [-0.4, -0.2) is 59.1 Å². The van der Waals surface area contributed by atoms with E-state index in [0.717, 1.165) is 52.0 Å². The molecule has 0 unspecified atom stereocenters. The van der Waals surface area contributed by atoms with Gasteiger partial charge in [0.15, 0.2) is 0 Å². The lowest BCUT2D eigenvalue weighted by Gasteiger charge is -2.49. The Morgan fingerprint density at radius 3 is 2.58 bits per heavy atom. The largest absolute Gasteiger partial charge is 0.389 e. The number of hydrogen-bond acceptors (Lipinski definition) is 3. The van der Waals surface area contributed by atoms with Crippen LogP contribution in [0.1, 0.15) is 32.1 Å². The van der Waals surface area contributed by atoms with Crippen molar-refractivity contribution < 1.29 is 9.90 Å². The summed E-state index contributed by atoms with van der Waals surface area (Å²) in [6.45, 7) is 8.72. The third-order valence-corrected chi connectivity index (χ3v) is 5.07. The average Bonchev–Trinajstić information content (AvgIpc) is 2.69. The molecule has 2 saturated heterocycles. The molecule has 4 nitrogen and oxygen atoms in total. The molecule has 4 heteroatoms. The van der Waals surface area contributed by atoms with Crippen LogP contribution in [0.3, 0.4) is 0 Å². The molecule has 1 amide bonds. The van der Waals surface area contributed by atoms with Crippen LogP contribution in [0.25, 0.3) is 0 Å². The fraction of sp³-hybridized carbons (Fsp3) is 0.800. The number of rotatable bonds is 4. The Labute approximate surface area is 115 Å². The van der Waals surface area contributed by atoms with Gasteiger partial charge in [0.25, 0.3) is 0 Å². The van der Waals surface area contributed by atoms with Crippen LogP contribution in [0.4, 0.5) is 0 Å². The van der Waals surface area contributed by atoms with Gasteiger partial charge in [-0.2, -0.15) is 0 Å². The van der Waals surface area contributed by atoms with Crippen molar-refractivity contribution in [2.45, 2.75) is 37.7 Å². The van der Waals surface area contributed by atoms with Gasteiger partial charge in [-0.25, -0.2) is 0 Å². The van der Waals surface area contributed by atoms with Crippen LogP contribution in [0.15, 0.2) is 12.7 Å². The molecule has 1 N–H and O–H groups in total. The van der Waals surface area contributed by atoms with Gasteiger partial charge in [-0.1, -0.05) is 6.08 Å². The minimum Gasteiger partial charge on any atom is -0.389 e. The molecular formula is C15H24N2O2. The van der Waals surface area contributed by atoms with Crippen molar-refractivity contribution in [3.63, 3.8) is 0 Å². The topological polar surface area (TPSA) is 43.8 Å². The summed E-state index contributed by atoms with van der Waals surface area (Å²) in [7, 11) is 0. The minimum absolute atomic E-state index is 0.148. The van der Waals surface area contributed by atoms with Crippen LogP contribution in [0, 0.1) is 5.41 Å². The Balaban J connectivity index is 1.47. The van der Waals surface area contributed by atoms with Gasteiger partial charge in [0, 0.05) is 31.6 Å². The number of hydrogen-bond donors (Lipinski definition) is 1. The highest BCUT2D eigenvalue weighted by molar-refractivity contribution is 5.78. The van der Waals surface area contributed by atoms with Crippen molar-refractivity contribution in [1.82, 2.24) is 9.80 Å². The summed E-state index contributed by atoms with van der Waals surface area (Å²) in [4.78, 5) is 16.5. The monoisotopic (exact) mass is 264 g/mol. The van der Waals surface area contributed by atoms with Gasteiger partial charge in [-0.3, -0.25) is 9.69 Å². The molecule has 0 aromatic heterocycles. The first-order valence-corrected chi connectivity index (χ1v) is 7.38. The lowest BCUT2D eigenvalue weighted by Crippen LogP contribution is -2.60. The fourth-order valence-electron chi connectivity index (χ4n) is 3.72. The Morgan fingerprint density at radius 1 is 1.26 bits per heavy atom. The number of nitrogens with zero attached hydrogens (tertiary/aromatic N) is 2. The van der Waals surface area contributed by atoms with E-state index >= 15 is 0 Å². The quantitative estimate of drug-likeness (QED) is 0.771. The van der Waals surface area contributed by atoms with E-state index in [1.165, 1.54) is 6.42 Å². The van der Waals surface area contributed by atoms with E-state index in [1.807, 2.05) is 11.0 Å². The van der Waals surface area contributed by atoms with Gasteiger partial charge in [0.2, 0.25) is 5.91 Å². The normalized spacial score (nSPS) is 27.9. The van der Waals surface area contributed by atoms with Gasteiger partial charge in [-0.15, -0.1) is 6.58 Å². The molecule has 3 aliphatic rings. The maximum absolute atomic E-state index is 12.1. The molecule has 0 atom stereocenters. The van der Waals surface area contributed by atoms with Crippen LogP contribution in [-0.2, 0) is 4.79 Å². The van der Waals surface area contributed by atoms with Gasteiger partial charge < -0.3 is 10.0 Å². The predicted octanol–water partition coefficient (Wildman–Crippen LogP) is 1.01. The molecule has 2 heterocycles. The standard InChI is InChI=1S/C15H24N2O2/c1-2-7-16-8-6-14(10-16)11-17(12-14)13(18)9-15(19)4-3-5-15/h2,19H,1,3-12H2. The summed E-state index contributed by atoms with van der Waals surface area (Å²) < 4.78 is 0. The molecule has 2 aliphatic heterocycles. The molecule has 1 aliphatic carbocycles. The molecule has 0 radical (unpaired) electrons. The Bertz CT molecular complexity index is 384. The second kappa shape index (κ2) is 4.60. The average molecular weight is 264 g/mol. The van der Waals surface area contributed by atoms with E-state index < -0.39 is 5.60 Å². The van der Waals surface area contributed by atoms with Crippen molar-refractivity contribution in [2.24, 2.45) is 5.41 Å². The van der Waals surface area contributed by atoms with E-state index in [1.54, 1.807) is 0 Å². The molecule has 106 valence electrons. The van der Waals surface area contributed by atoms with E-state index in [0.29, 0.717) is 11.8 Å². The highest BCUT2D eigenvalue weighted by atomic mass is 16.3. The van der Waals surface area contributed by atoms with Crippen molar-refractivity contribution >= 4 is 5.91 Å². The molecule has 3 rings (SSSR count). The van der Waals surface area contributed by atoms with E-state index in [-0.39, 0.29) is 5.91 Å². The molecule has 0 bridgehead atoms. The zero-order valence-electron chi connectivity index (χ0n) is 11.6. The smallest absolute Gasteiger partial charge is 0.225 e. The molecule has 0 aromatic carbocycles. The zero-order valence-corrected chi connectivity index (χ0v) is 11.6. The third-order valence-electron chi connectivity index (χ3n) is 5.07. The van der Waals surface area contributed by atoms with Crippen LogP contribution in [0.2, 0.25) is 0 Å². The van der Waals surface area contributed by atoms with Gasteiger partial charge in [-0.05, 0) is 32.2 Å². The minimum atomic E-state index is -0.676. The number of amides is 1. The van der Waals surface area contributed by atoms with Crippen molar-refractivity contribution in [3.8, 4) is 0 Å². The molecule has 1 saturated carbocycles. The lowest BCUT2D eigenvalue weighted by atomic mass is 9.75. The highest BCUT2D eigenvalue weighted by Crippen LogP contribution is 2.41. The molecular weight excluding hydrogens is 240 g/mol. The van der Waals surface area contributed by atoms with Crippen molar-refractivity contribution in [2.75, 3.05) is 32.7 Å². The van der Waals surface area contributed by atoms with E-state index in [4.69, 9.17) is 0 Å². The maximum atomic E-state index is 12.1. The Kier molecular flexibility index (Phi) is 3.18. The number of carbonyl (C=O) groups is 1. The summed E-state index contributed by atoms with van der Waals surface area (Å²) in [5, 5.41) is 10.1. The SMILES string of the molecule is C=CCN1CCC2(C1)CN(C(=O)CC1(O)CCC1)C2. The predicted molar refractivity (Wildman–Crippen MR) is 73.7 cm³/mol. The van der Waals surface area contributed by atoms with Crippen LogP contribution < -0.4 is 0 Å². The van der Waals surface area contributed by atoms with Gasteiger partial charge in [0.05, 0.1) is 12.0 Å². The van der Waals surface area contributed by atoms with Gasteiger partial charge >= 0.3 is 0 Å². The first-order chi connectivity index (χ1) is 9.04. The summed E-state index contributed by atoms with van der Waals surface area (Å²) in [6.07, 6.45) is 6.13. The van der Waals surface area contributed by atoms with Crippen molar-refractivity contribution in [3.05, 3.63) is 12.7 Å². The number of likely N-dealkylation sites (tertiary alicyclic amines) is 2. The first-order valence-electron chi connectivity index (χ1n) is 7.38. The summed E-state index contributed by atoms with van der Waals surface area (Å²) in [5.41, 5.74) is -0.342. The number of carbonyl (C=O) groups excluding carboxylic acids is 1. The molecule has 19 heavy (non-hydrogen) atoms.